The molecule has 0 saturated heterocycles. The minimum absolute atomic E-state index is 0.204. The molecule has 1 aromatic rings. The molecule has 16 heavy (non-hydrogen) atoms. The van der Waals surface area contributed by atoms with Crippen molar-refractivity contribution in [1.29, 1.82) is 0 Å². The summed E-state index contributed by atoms with van der Waals surface area (Å²) >= 11 is 3.27. The number of aromatic hydroxyl groups is 1. The van der Waals surface area contributed by atoms with Crippen molar-refractivity contribution >= 4 is 21.9 Å². The third-order valence-corrected chi connectivity index (χ3v) is 2.79. The van der Waals surface area contributed by atoms with Gasteiger partial charge in [-0.05, 0) is 53.4 Å². The first kappa shape index (κ1) is 13.0. The van der Waals surface area contributed by atoms with E-state index in [0.29, 0.717) is 17.5 Å². The number of carbonyl (C=O) groups is 1. The van der Waals surface area contributed by atoms with Crippen LogP contribution in [0.5, 0.6) is 5.75 Å². The monoisotopic (exact) mass is 286 g/mol. The average molecular weight is 287 g/mol. The Hall–Kier alpha value is -1.03. The van der Waals surface area contributed by atoms with E-state index in [1.807, 2.05) is 19.1 Å². The molecule has 0 atom stereocenters. The molecule has 0 spiro atoms. The van der Waals surface area contributed by atoms with Crippen LogP contribution < -0.4 is 0 Å². The van der Waals surface area contributed by atoms with E-state index in [2.05, 4.69) is 15.9 Å². The molecule has 88 valence electrons. The molecule has 0 bridgehead atoms. The third-order valence-electron chi connectivity index (χ3n) is 2.19. The van der Waals surface area contributed by atoms with Crippen molar-refractivity contribution in [2.75, 3.05) is 6.61 Å². The van der Waals surface area contributed by atoms with Crippen LogP contribution in [0.15, 0.2) is 16.6 Å². The predicted molar refractivity (Wildman–Crippen MR) is 65.5 cm³/mol. The van der Waals surface area contributed by atoms with E-state index in [1.54, 1.807) is 6.92 Å². The van der Waals surface area contributed by atoms with Crippen LogP contribution in [0.3, 0.4) is 0 Å². The highest BCUT2D eigenvalue weighted by Crippen LogP contribution is 2.30. The van der Waals surface area contributed by atoms with Crippen molar-refractivity contribution in [2.24, 2.45) is 0 Å². The molecule has 0 saturated carbocycles. The van der Waals surface area contributed by atoms with Crippen LogP contribution in [0, 0.1) is 6.92 Å². The van der Waals surface area contributed by atoms with Crippen LogP contribution in [-0.2, 0) is 16.0 Å². The molecule has 0 unspecified atom stereocenters. The molecule has 4 heteroatoms. The first-order valence-corrected chi connectivity index (χ1v) is 5.97. The molecule has 1 rings (SSSR count). The SMILES string of the molecule is CCOC(=O)CCc1cc(C)cc(Br)c1O. The molecular formula is C12H15BrO3. The van der Waals surface area contributed by atoms with Gasteiger partial charge >= 0.3 is 5.97 Å². The molecule has 0 fully saturated rings. The van der Waals surface area contributed by atoms with E-state index in [-0.39, 0.29) is 18.1 Å². The topological polar surface area (TPSA) is 46.5 Å². The molecule has 0 aliphatic carbocycles. The Morgan fingerprint density at radius 3 is 2.81 bits per heavy atom. The lowest BCUT2D eigenvalue weighted by Crippen LogP contribution is -2.05. The summed E-state index contributed by atoms with van der Waals surface area (Å²) in [4.78, 5) is 11.2. The number of phenolic OH excluding ortho intramolecular Hbond substituents is 1. The molecule has 1 aromatic carbocycles. The zero-order chi connectivity index (χ0) is 12.1. The summed E-state index contributed by atoms with van der Waals surface area (Å²) in [5.41, 5.74) is 1.81. The number of esters is 1. The van der Waals surface area contributed by atoms with E-state index in [9.17, 15) is 9.90 Å². The fraction of sp³-hybridized carbons (Fsp3) is 0.417. The number of phenols is 1. The summed E-state index contributed by atoms with van der Waals surface area (Å²) in [6, 6.07) is 3.71. The number of halogens is 1. The van der Waals surface area contributed by atoms with Crippen LogP contribution >= 0.6 is 15.9 Å². The van der Waals surface area contributed by atoms with Crippen molar-refractivity contribution in [2.45, 2.75) is 26.7 Å². The number of benzene rings is 1. The molecule has 0 radical (unpaired) electrons. The normalized spacial score (nSPS) is 10.2. The summed E-state index contributed by atoms with van der Waals surface area (Å²) in [7, 11) is 0. The molecule has 0 aliphatic rings. The fourth-order valence-electron chi connectivity index (χ4n) is 1.47. The van der Waals surface area contributed by atoms with Gasteiger partial charge in [-0.1, -0.05) is 6.07 Å². The van der Waals surface area contributed by atoms with Gasteiger partial charge in [-0.2, -0.15) is 0 Å². The largest absolute Gasteiger partial charge is 0.506 e. The van der Waals surface area contributed by atoms with Gasteiger partial charge in [0.25, 0.3) is 0 Å². The van der Waals surface area contributed by atoms with Crippen LogP contribution in [0.4, 0.5) is 0 Å². The Bertz CT molecular complexity index is 388. The van der Waals surface area contributed by atoms with Gasteiger partial charge in [-0.25, -0.2) is 0 Å². The zero-order valence-corrected chi connectivity index (χ0v) is 11.0. The number of carbonyl (C=O) groups excluding carboxylic acids is 1. The molecule has 0 aliphatic heterocycles. The number of ether oxygens (including phenoxy) is 1. The van der Waals surface area contributed by atoms with Gasteiger partial charge < -0.3 is 9.84 Å². The van der Waals surface area contributed by atoms with Crippen molar-refractivity contribution in [1.82, 2.24) is 0 Å². The Kier molecular flexibility index (Phi) is 4.80. The first-order valence-electron chi connectivity index (χ1n) is 5.18. The van der Waals surface area contributed by atoms with Crippen LogP contribution in [0.1, 0.15) is 24.5 Å². The molecule has 3 nitrogen and oxygen atoms in total. The van der Waals surface area contributed by atoms with Crippen LogP contribution in [-0.4, -0.2) is 17.7 Å². The second-order valence-corrected chi connectivity index (χ2v) is 4.41. The van der Waals surface area contributed by atoms with Gasteiger partial charge in [0.2, 0.25) is 0 Å². The number of hydrogen-bond donors (Lipinski definition) is 1. The maximum absolute atomic E-state index is 11.2. The second kappa shape index (κ2) is 5.89. The minimum Gasteiger partial charge on any atom is -0.506 e. The predicted octanol–water partition coefficient (Wildman–Crippen LogP) is 2.96. The van der Waals surface area contributed by atoms with E-state index in [1.165, 1.54) is 0 Å². The molecule has 1 N–H and O–H groups in total. The van der Waals surface area contributed by atoms with Crippen molar-refractivity contribution < 1.29 is 14.6 Å². The lowest BCUT2D eigenvalue weighted by Gasteiger charge is -2.07. The maximum atomic E-state index is 11.2. The van der Waals surface area contributed by atoms with Crippen molar-refractivity contribution in [3.8, 4) is 5.75 Å². The van der Waals surface area contributed by atoms with Crippen LogP contribution in [0.25, 0.3) is 0 Å². The van der Waals surface area contributed by atoms with Gasteiger partial charge in [0.1, 0.15) is 5.75 Å². The standard InChI is InChI=1S/C12H15BrO3/c1-3-16-11(14)5-4-9-6-8(2)7-10(13)12(9)15/h6-7,15H,3-5H2,1-2H3. The Morgan fingerprint density at radius 1 is 1.50 bits per heavy atom. The van der Waals surface area contributed by atoms with Crippen molar-refractivity contribution in [3.63, 3.8) is 0 Å². The number of hydrogen-bond acceptors (Lipinski definition) is 3. The summed E-state index contributed by atoms with van der Waals surface area (Å²) in [6.45, 7) is 4.11. The Morgan fingerprint density at radius 2 is 2.19 bits per heavy atom. The fourth-order valence-corrected chi connectivity index (χ4v) is 2.08. The van der Waals surface area contributed by atoms with Gasteiger partial charge in [-0.3, -0.25) is 4.79 Å². The van der Waals surface area contributed by atoms with Gasteiger partial charge in [0.15, 0.2) is 0 Å². The minimum atomic E-state index is -0.237. The molecule has 0 aromatic heterocycles. The Labute approximate surface area is 104 Å². The second-order valence-electron chi connectivity index (χ2n) is 3.56. The van der Waals surface area contributed by atoms with Gasteiger partial charge in [0, 0.05) is 6.42 Å². The van der Waals surface area contributed by atoms with Crippen LogP contribution in [0.2, 0.25) is 0 Å². The number of aryl methyl sites for hydroxylation is 2. The van der Waals surface area contributed by atoms with E-state index >= 15 is 0 Å². The lowest BCUT2D eigenvalue weighted by molar-refractivity contribution is -0.143. The highest BCUT2D eigenvalue weighted by molar-refractivity contribution is 9.10. The molecule has 0 heterocycles. The van der Waals surface area contributed by atoms with Crippen molar-refractivity contribution in [3.05, 3.63) is 27.7 Å². The zero-order valence-electron chi connectivity index (χ0n) is 9.42. The summed E-state index contributed by atoms with van der Waals surface area (Å²) in [5, 5.41) is 9.77. The van der Waals surface area contributed by atoms with E-state index < -0.39 is 0 Å². The average Bonchev–Trinajstić information content (AvgIpc) is 2.21. The molecular weight excluding hydrogens is 272 g/mol. The smallest absolute Gasteiger partial charge is 0.306 e. The third kappa shape index (κ3) is 3.52. The lowest BCUT2D eigenvalue weighted by atomic mass is 10.1. The number of rotatable bonds is 4. The molecule has 0 amide bonds. The quantitative estimate of drug-likeness (QED) is 0.866. The first-order chi connectivity index (χ1) is 7.54. The Balaban J connectivity index is 2.70. The van der Waals surface area contributed by atoms with Gasteiger partial charge in [0.05, 0.1) is 11.1 Å². The highest BCUT2D eigenvalue weighted by Gasteiger charge is 2.09. The maximum Gasteiger partial charge on any atom is 0.306 e. The highest BCUT2D eigenvalue weighted by atomic mass is 79.9. The summed E-state index contributed by atoms with van der Waals surface area (Å²) < 4.78 is 5.49. The van der Waals surface area contributed by atoms with E-state index in [4.69, 9.17) is 4.74 Å². The van der Waals surface area contributed by atoms with Gasteiger partial charge in [-0.15, -0.1) is 0 Å². The summed E-state index contributed by atoms with van der Waals surface area (Å²) in [5.74, 6) is -0.0329. The van der Waals surface area contributed by atoms with E-state index in [0.717, 1.165) is 11.1 Å². The summed E-state index contributed by atoms with van der Waals surface area (Å²) in [6.07, 6.45) is 0.780.